The van der Waals surface area contributed by atoms with E-state index in [0.29, 0.717) is 28.7 Å². The first-order valence-corrected chi connectivity index (χ1v) is 11.7. The maximum absolute atomic E-state index is 15.4. The summed E-state index contributed by atoms with van der Waals surface area (Å²) in [6.07, 6.45) is 4.24. The number of nitrogens with two attached hydrogens (primary N) is 1. The van der Waals surface area contributed by atoms with Crippen LogP contribution in [0.4, 0.5) is 10.1 Å². The molecule has 1 saturated heterocycles. The van der Waals surface area contributed by atoms with Gasteiger partial charge in [-0.2, -0.15) is 0 Å². The van der Waals surface area contributed by atoms with Crippen molar-refractivity contribution in [1.82, 2.24) is 4.90 Å². The number of hydrogen-bond donors (Lipinski definition) is 2. The van der Waals surface area contributed by atoms with E-state index in [1.54, 1.807) is 24.3 Å². The van der Waals surface area contributed by atoms with Crippen LogP contribution in [0, 0.1) is 11.7 Å². The van der Waals surface area contributed by atoms with Gasteiger partial charge in [0.05, 0.1) is 5.02 Å². The lowest BCUT2D eigenvalue weighted by atomic mass is 9.73. The molecule has 2 aliphatic heterocycles. The Balaban J connectivity index is 1.77. The summed E-state index contributed by atoms with van der Waals surface area (Å²) < 4.78 is 15.4. The Hall–Kier alpha value is -1.99. The lowest BCUT2D eigenvalue weighted by molar-refractivity contribution is -0.129. The summed E-state index contributed by atoms with van der Waals surface area (Å²) in [6, 6.07) is 8.96. The Labute approximate surface area is 196 Å². The number of carbonyl (C=O) groups is 2. The molecule has 0 aromatic heterocycles. The second-order valence-corrected chi connectivity index (χ2v) is 9.87. The van der Waals surface area contributed by atoms with Gasteiger partial charge in [0.15, 0.2) is 0 Å². The summed E-state index contributed by atoms with van der Waals surface area (Å²) in [4.78, 5) is 27.6. The lowest BCUT2D eigenvalue weighted by Gasteiger charge is -2.42. The molecule has 2 fully saturated rings. The van der Waals surface area contributed by atoms with E-state index in [-0.39, 0.29) is 22.9 Å². The first-order chi connectivity index (χ1) is 15.4. The van der Waals surface area contributed by atoms with Crippen molar-refractivity contribution < 1.29 is 14.0 Å². The summed E-state index contributed by atoms with van der Waals surface area (Å²) in [5, 5.41) is 3.43. The third kappa shape index (κ3) is 3.04. The zero-order valence-corrected chi connectivity index (χ0v) is 18.9. The zero-order valence-electron chi connectivity index (χ0n) is 17.4. The molecular weight excluding hydrogens is 452 g/mol. The Morgan fingerprint density at radius 3 is 2.72 bits per heavy atom. The molecule has 2 heterocycles. The topological polar surface area (TPSA) is 75.4 Å². The van der Waals surface area contributed by atoms with Gasteiger partial charge in [-0.15, -0.1) is 0 Å². The van der Waals surface area contributed by atoms with Crippen LogP contribution in [0.2, 0.25) is 10.0 Å². The predicted molar refractivity (Wildman–Crippen MR) is 122 cm³/mol. The van der Waals surface area contributed by atoms with Gasteiger partial charge < -0.3 is 15.8 Å². The van der Waals surface area contributed by atoms with Crippen LogP contribution in [0.15, 0.2) is 36.4 Å². The van der Waals surface area contributed by atoms with Crippen LogP contribution < -0.4 is 11.1 Å². The molecule has 4 atom stereocenters. The average molecular weight is 476 g/mol. The van der Waals surface area contributed by atoms with Gasteiger partial charge in [0.2, 0.25) is 5.91 Å². The summed E-state index contributed by atoms with van der Waals surface area (Å²) in [5.74, 6) is -1.18. The summed E-state index contributed by atoms with van der Waals surface area (Å²) >= 11 is 12.4. The van der Waals surface area contributed by atoms with Crippen molar-refractivity contribution in [3.8, 4) is 0 Å². The van der Waals surface area contributed by atoms with Crippen molar-refractivity contribution >= 4 is 41.1 Å². The normalized spacial score (nSPS) is 29.8. The number of fused-ring (bicyclic) bond motifs is 2. The van der Waals surface area contributed by atoms with Crippen LogP contribution in [0.3, 0.4) is 0 Å². The van der Waals surface area contributed by atoms with Crippen LogP contribution >= 0.6 is 23.2 Å². The number of hydrogen-bond acceptors (Lipinski definition) is 4. The average Bonchev–Trinajstić information content (AvgIpc) is 3.13. The second kappa shape index (κ2) is 8.10. The number of halogens is 3. The molecule has 1 saturated carbocycles. The minimum absolute atomic E-state index is 0.0241. The Morgan fingerprint density at radius 1 is 1.25 bits per heavy atom. The Kier molecular flexibility index (Phi) is 5.53. The Morgan fingerprint density at radius 2 is 2.03 bits per heavy atom. The fraction of sp³-hybridized carbons (Fsp3) is 0.417. The molecule has 2 aromatic carbocycles. The minimum atomic E-state index is -1.26. The molecule has 0 unspecified atom stereocenters. The van der Waals surface area contributed by atoms with Crippen molar-refractivity contribution in [2.24, 2.45) is 11.7 Å². The molecule has 1 aliphatic carbocycles. The third-order valence-corrected chi connectivity index (χ3v) is 7.98. The maximum atomic E-state index is 15.4. The van der Waals surface area contributed by atoms with Gasteiger partial charge in [0, 0.05) is 47.2 Å². The van der Waals surface area contributed by atoms with Crippen LogP contribution in [-0.4, -0.2) is 35.7 Å². The number of benzene rings is 2. The molecule has 3 aliphatic rings. The standard InChI is InChI=1S/C24H24Cl2FN3O2/c25-14-7-8-16-18(11-14)29-23(32)24(16)20(15-5-2-6-17(26)21(15)27)22(28)19(9-10-31)30(24)12-13-3-1-4-13/h2,5-8,10-11,13,19-20,22H,1,3-4,9,12,28H2,(H,29,32)/t19-,20-,22+,24+/m0/s1. The monoisotopic (exact) mass is 475 g/mol. The van der Waals surface area contributed by atoms with E-state index >= 15 is 4.39 Å². The van der Waals surface area contributed by atoms with Crippen molar-refractivity contribution in [2.45, 2.75) is 49.2 Å². The van der Waals surface area contributed by atoms with Crippen LogP contribution in [-0.2, 0) is 15.1 Å². The van der Waals surface area contributed by atoms with E-state index in [9.17, 15) is 9.59 Å². The number of nitrogens with one attached hydrogen (secondary N) is 1. The van der Waals surface area contributed by atoms with E-state index in [2.05, 4.69) is 10.2 Å². The van der Waals surface area contributed by atoms with Gasteiger partial charge in [-0.1, -0.05) is 47.8 Å². The first-order valence-electron chi connectivity index (χ1n) is 10.9. The first kappa shape index (κ1) is 21.8. The number of likely N-dealkylation sites (tertiary alicyclic amines) is 1. The maximum Gasteiger partial charge on any atom is 0.250 e. The highest BCUT2D eigenvalue weighted by molar-refractivity contribution is 6.31. The second-order valence-electron chi connectivity index (χ2n) is 9.03. The summed E-state index contributed by atoms with van der Waals surface area (Å²) in [5.41, 5.74) is 7.10. The third-order valence-electron chi connectivity index (χ3n) is 7.45. The molecule has 5 rings (SSSR count). The summed E-state index contributed by atoms with van der Waals surface area (Å²) in [6.45, 7) is 0.611. The van der Waals surface area contributed by atoms with Crippen molar-refractivity contribution in [2.75, 3.05) is 11.9 Å². The lowest BCUT2D eigenvalue weighted by Crippen LogP contribution is -2.54. The molecule has 2 aromatic rings. The molecule has 0 radical (unpaired) electrons. The fourth-order valence-corrected chi connectivity index (χ4v) is 6.20. The molecular formula is C24H24Cl2FN3O2. The molecule has 168 valence electrons. The number of carbonyl (C=O) groups excluding carboxylic acids is 2. The van der Waals surface area contributed by atoms with Gasteiger partial charge in [-0.25, -0.2) is 4.39 Å². The van der Waals surface area contributed by atoms with Crippen molar-refractivity contribution in [1.29, 1.82) is 0 Å². The van der Waals surface area contributed by atoms with E-state index in [4.69, 9.17) is 28.9 Å². The predicted octanol–water partition coefficient (Wildman–Crippen LogP) is 4.46. The van der Waals surface area contributed by atoms with E-state index < -0.39 is 29.4 Å². The zero-order chi connectivity index (χ0) is 22.6. The highest BCUT2D eigenvalue weighted by atomic mass is 35.5. The smallest absolute Gasteiger partial charge is 0.250 e. The SMILES string of the molecule is N[C@@H]1[C@H](CC=O)N(CC2CCC2)[C@@]2(C(=O)Nc3cc(Cl)ccc32)[C@H]1c1cccc(Cl)c1F. The number of aldehydes is 1. The van der Waals surface area contributed by atoms with Crippen LogP contribution in [0.1, 0.15) is 42.7 Å². The van der Waals surface area contributed by atoms with E-state index in [0.717, 1.165) is 25.5 Å². The van der Waals surface area contributed by atoms with Gasteiger partial charge >= 0.3 is 0 Å². The molecule has 3 N–H and O–H groups in total. The molecule has 1 amide bonds. The highest BCUT2D eigenvalue weighted by Crippen LogP contribution is 2.58. The van der Waals surface area contributed by atoms with Crippen molar-refractivity contribution in [3.05, 3.63) is 63.4 Å². The molecule has 8 heteroatoms. The van der Waals surface area contributed by atoms with E-state index in [1.807, 2.05) is 6.07 Å². The number of anilines is 1. The molecule has 1 spiro atoms. The van der Waals surface area contributed by atoms with Gasteiger partial charge in [-0.05, 0) is 42.5 Å². The van der Waals surface area contributed by atoms with Crippen LogP contribution in [0.5, 0.6) is 0 Å². The number of rotatable bonds is 5. The quantitative estimate of drug-likeness (QED) is 0.625. The molecule has 32 heavy (non-hydrogen) atoms. The molecule has 0 bridgehead atoms. The van der Waals surface area contributed by atoms with Gasteiger partial charge in [-0.3, -0.25) is 9.69 Å². The number of nitrogens with zero attached hydrogens (tertiary/aromatic N) is 1. The summed E-state index contributed by atoms with van der Waals surface area (Å²) in [7, 11) is 0. The minimum Gasteiger partial charge on any atom is -0.326 e. The van der Waals surface area contributed by atoms with Gasteiger partial charge in [0.1, 0.15) is 17.6 Å². The van der Waals surface area contributed by atoms with E-state index in [1.165, 1.54) is 6.07 Å². The number of amides is 1. The molecule has 5 nitrogen and oxygen atoms in total. The van der Waals surface area contributed by atoms with Crippen molar-refractivity contribution in [3.63, 3.8) is 0 Å². The highest BCUT2D eigenvalue weighted by Gasteiger charge is 2.66. The van der Waals surface area contributed by atoms with Gasteiger partial charge in [0.25, 0.3) is 0 Å². The largest absolute Gasteiger partial charge is 0.326 e. The Bertz CT molecular complexity index is 1090. The van der Waals surface area contributed by atoms with Crippen LogP contribution in [0.25, 0.3) is 0 Å². The fourth-order valence-electron chi connectivity index (χ4n) is 5.84.